The Balaban J connectivity index is 1.83. The van der Waals surface area contributed by atoms with Gasteiger partial charge in [-0.15, -0.1) is 0 Å². The molecule has 3 aromatic rings. The zero-order valence-electron chi connectivity index (χ0n) is 14.8. The number of hydrogen-bond acceptors (Lipinski definition) is 5. The fourth-order valence-electron chi connectivity index (χ4n) is 2.43. The Bertz CT molecular complexity index is 982. The Labute approximate surface area is 157 Å². The topological polar surface area (TPSA) is 73.6 Å². The minimum absolute atomic E-state index is 0.0725. The van der Waals surface area contributed by atoms with Gasteiger partial charge in [0.05, 0.1) is 31.7 Å². The van der Waals surface area contributed by atoms with E-state index in [-0.39, 0.29) is 17.3 Å². The molecule has 3 rings (SSSR count). The van der Waals surface area contributed by atoms with Gasteiger partial charge in [0.2, 0.25) is 0 Å². The van der Waals surface area contributed by atoms with Gasteiger partial charge < -0.3 is 19.2 Å². The molecule has 0 aliphatic carbocycles. The van der Waals surface area contributed by atoms with E-state index < -0.39 is 17.6 Å². The average Bonchev–Trinajstić information content (AvgIpc) is 3.17. The van der Waals surface area contributed by atoms with E-state index in [0.717, 1.165) is 18.2 Å². The van der Waals surface area contributed by atoms with Crippen LogP contribution in [0.2, 0.25) is 0 Å². The Morgan fingerprint density at radius 3 is 2.39 bits per heavy atom. The van der Waals surface area contributed by atoms with Crippen molar-refractivity contribution in [3.05, 3.63) is 60.1 Å². The van der Waals surface area contributed by atoms with Crippen LogP contribution in [0.3, 0.4) is 0 Å². The summed E-state index contributed by atoms with van der Waals surface area (Å²) in [7, 11) is 2.82. The van der Waals surface area contributed by atoms with Crippen LogP contribution < -0.4 is 14.8 Å². The minimum Gasteiger partial charge on any atom is -0.497 e. The highest BCUT2D eigenvalue weighted by molar-refractivity contribution is 6.02. The molecule has 0 bridgehead atoms. The molecule has 0 spiro atoms. The van der Waals surface area contributed by atoms with E-state index in [9.17, 15) is 18.0 Å². The highest BCUT2D eigenvalue weighted by Crippen LogP contribution is 2.35. The Morgan fingerprint density at radius 1 is 1.07 bits per heavy atom. The first kappa shape index (κ1) is 19.3. The number of alkyl halides is 3. The third-order valence-electron chi connectivity index (χ3n) is 3.85. The zero-order chi connectivity index (χ0) is 20.3. The summed E-state index contributed by atoms with van der Waals surface area (Å²) in [6, 6.07) is 9.63. The number of aromatic nitrogens is 1. The smallest absolute Gasteiger partial charge is 0.416 e. The van der Waals surface area contributed by atoms with Gasteiger partial charge in [-0.2, -0.15) is 13.2 Å². The van der Waals surface area contributed by atoms with Gasteiger partial charge in [0.15, 0.2) is 5.76 Å². The number of benzene rings is 2. The van der Waals surface area contributed by atoms with Crippen molar-refractivity contribution in [1.82, 2.24) is 4.98 Å². The van der Waals surface area contributed by atoms with Gasteiger partial charge in [0, 0.05) is 5.56 Å². The molecule has 1 N–H and O–H groups in total. The number of oxazole rings is 1. The summed E-state index contributed by atoms with van der Waals surface area (Å²) in [6.07, 6.45) is -3.21. The van der Waals surface area contributed by atoms with Gasteiger partial charge >= 0.3 is 12.1 Å². The molecule has 28 heavy (non-hydrogen) atoms. The monoisotopic (exact) mass is 392 g/mol. The number of nitrogens with one attached hydrogen (secondary N) is 1. The number of ether oxygens (including phenoxy) is 2. The maximum absolute atomic E-state index is 12.9. The number of amides is 1. The first-order valence-corrected chi connectivity index (χ1v) is 7.98. The quantitative estimate of drug-likeness (QED) is 0.685. The zero-order valence-corrected chi connectivity index (χ0v) is 14.8. The molecule has 146 valence electrons. The number of carbonyl (C=O) groups is 1. The van der Waals surface area contributed by atoms with Crippen LogP contribution in [0.4, 0.5) is 18.9 Å². The fraction of sp³-hybridized carbons (Fsp3) is 0.158. The second-order valence-corrected chi connectivity index (χ2v) is 5.63. The van der Waals surface area contributed by atoms with Gasteiger partial charge in [-0.05, 0) is 42.5 Å². The number of halogens is 3. The average molecular weight is 392 g/mol. The number of nitrogens with zero attached hydrogens (tertiary/aromatic N) is 1. The van der Waals surface area contributed by atoms with Crippen LogP contribution in [0.5, 0.6) is 11.5 Å². The van der Waals surface area contributed by atoms with Crippen LogP contribution in [-0.4, -0.2) is 25.1 Å². The molecule has 0 fully saturated rings. The maximum Gasteiger partial charge on any atom is 0.416 e. The summed E-state index contributed by atoms with van der Waals surface area (Å²) in [6.45, 7) is 0. The number of methoxy groups -OCH3 is 2. The lowest BCUT2D eigenvalue weighted by atomic mass is 10.1. The molecule has 0 saturated carbocycles. The number of carbonyl (C=O) groups excluding carboxylic acids is 1. The molecular formula is C19H15F3N2O4. The van der Waals surface area contributed by atoms with Gasteiger partial charge in [0.25, 0.3) is 5.89 Å². The molecule has 0 aliphatic heterocycles. The molecule has 9 heteroatoms. The molecule has 2 aromatic carbocycles. The third-order valence-corrected chi connectivity index (χ3v) is 3.85. The first-order chi connectivity index (χ1) is 13.3. The lowest BCUT2D eigenvalue weighted by molar-refractivity contribution is -0.137. The van der Waals surface area contributed by atoms with E-state index >= 15 is 0 Å². The third kappa shape index (κ3) is 4.08. The molecule has 6 nitrogen and oxygen atoms in total. The summed E-state index contributed by atoms with van der Waals surface area (Å²) >= 11 is 0. The van der Waals surface area contributed by atoms with E-state index in [1.54, 1.807) is 24.3 Å². The van der Waals surface area contributed by atoms with E-state index in [1.165, 1.54) is 20.4 Å². The predicted octanol–water partition coefficient (Wildman–Crippen LogP) is 4.63. The van der Waals surface area contributed by atoms with E-state index in [4.69, 9.17) is 13.9 Å². The highest BCUT2D eigenvalue weighted by Gasteiger charge is 2.31. The van der Waals surface area contributed by atoms with Crippen LogP contribution >= 0.6 is 0 Å². The van der Waals surface area contributed by atoms with Crippen molar-refractivity contribution in [2.24, 2.45) is 0 Å². The predicted molar refractivity (Wildman–Crippen MR) is 94.4 cm³/mol. The van der Waals surface area contributed by atoms with E-state index in [0.29, 0.717) is 17.1 Å². The molecule has 1 heterocycles. The Kier molecular flexibility index (Phi) is 5.25. The number of anilines is 1. The van der Waals surface area contributed by atoms with Gasteiger partial charge in [0.1, 0.15) is 11.5 Å². The molecule has 0 aliphatic rings. The molecule has 1 aromatic heterocycles. The SMILES string of the molecule is COc1ccc(-c2cnc(C(=O)Nc3cc(C(F)(F)F)ccc3OC)o2)cc1. The second kappa shape index (κ2) is 7.63. The van der Waals surface area contributed by atoms with Crippen LogP contribution in [0.1, 0.15) is 16.2 Å². The van der Waals surface area contributed by atoms with Gasteiger partial charge in [-0.3, -0.25) is 4.79 Å². The summed E-state index contributed by atoms with van der Waals surface area (Å²) in [5.74, 6) is -0.0624. The van der Waals surface area contributed by atoms with Crippen LogP contribution in [0.15, 0.2) is 53.1 Å². The van der Waals surface area contributed by atoms with Gasteiger partial charge in [-0.25, -0.2) is 4.98 Å². The largest absolute Gasteiger partial charge is 0.497 e. The van der Waals surface area contributed by atoms with Crippen LogP contribution in [0.25, 0.3) is 11.3 Å². The van der Waals surface area contributed by atoms with Crippen molar-refractivity contribution in [2.45, 2.75) is 6.18 Å². The summed E-state index contributed by atoms with van der Waals surface area (Å²) in [5.41, 5.74) is -0.412. The van der Waals surface area contributed by atoms with Crippen molar-refractivity contribution in [3.8, 4) is 22.8 Å². The molecule has 0 unspecified atom stereocenters. The number of hydrogen-bond donors (Lipinski definition) is 1. The number of rotatable bonds is 5. The standard InChI is InChI=1S/C19H15F3N2O4/c1-26-13-6-3-11(4-7-13)16-10-23-18(28-16)17(25)24-14-9-12(19(20,21)22)5-8-15(14)27-2/h3-10H,1-2H3,(H,24,25). The lowest BCUT2D eigenvalue weighted by Crippen LogP contribution is -2.14. The molecule has 1 amide bonds. The highest BCUT2D eigenvalue weighted by atomic mass is 19.4. The van der Waals surface area contributed by atoms with Crippen molar-refractivity contribution >= 4 is 11.6 Å². The van der Waals surface area contributed by atoms with Gasteiger partial charge in [-0.1, -0.05) is 0 Å². The van der Waals surface area contributed by atoms with E-state index in [1.807, 2.05) is 0 Å². The minimum atomic E-state index is -4.56. The molecule has 0 saturated heterocycles. The van der Waals surface area contributed by atoms with Crippen molar-refractivity contribution in [3.63, 3.8) is 0 Å². The molecule has 0 atom stereocenters. The van der Waals surface area contributed by atoms with Crippen molar-refractivity contribution in [1.29, 1.82) is 0 Å². The second-order valence-electron chi connectivity index (χ2n) is 5.63. The summed E-state index contributed by atoms with van der Waals surface area (Å²) in [4.78, 5) is 16.2. The van der Waals surface area contributed by atoms with Crippen LogP contribution in [-0.2, 0) is 6.18 Å². The Morgan fingerprint density at radius 2 is 1.79 bits per heavy atom. The molecule has 0 radical (unpaired) electrons. The lowest BCUT2D eigenvalue weighted by Gasteiger charge is -2.12. The first-order valence-electron chi connectivity index (χ1n) is 7.98. The van der Waals surface area contributed by atoms with Crippen LogP contribution in [0, 0.1) is 0 Å². The van der Waals surface area contributed by atoms with Crippen molar-refractivity contribution < 1.29 is 31.9 Å². The van der Waals surface area contributed by atoms with E-state index in [2.05, 4.69) is 10.3 Å². The molecular weight excluding hydrogens is 377 g/mol. The maximum atomic E-state index is 12.9. The normalized spacial score (nSPS) is 11.2. The van der Waals surface area contributed by atoms with Crippen molar-refractivity contribution in [2.75, 3.05) is 19.5 Å². The fourth-order valence-corrected chi connectivity index (χ4v) is 2.43. The summed E-state index contributed by atoms with van der Waals surface area (Å²) in [5, 5.41) is 2.33. The summed E-state index contributed by atoms with van der Waals surface area (Å²) < 4.78 is 54.2. The Hall–Kier alpha value is -3.49.